The third kappa shape index (κ3) is 3.59. The Bertz CT molecular complexity index is 1150. The topological polar surface area (TPSA) is 111 Å². The van der Waals surface area contributed by atoms with Gasteiger partial charge in [0.15, 0.2) is 5.76 Å². The van der Waals surface area contributed by atoms with E-state index < -0.39 is 5.91 Å². The van der Waals surface area contributed by atoms with Crippen LogP contribution < -0.4 is 20.4 Å². The molecule has 3 aromatic rings. The Labute approximate surface area is 178 Å². The van der Waals surface area contributed by atoms with Gasteiger partial charge in [-0.2, -0.15) is 0 Å². The second kappa shape index (κ2) is 7.77. The highest BCUT2D eigenvalue weighted by Crippen LogP contribution is 2.32. The second-order valence-electron chi connectivity index (χ2n) is 7.45. The van der Waals surface area contributed by atoms with Gasteiger partial charge >= 0.3 is 0 Å². The molecular weight excluding hydrogens is 398 g/mol. The lowest BCUT2D eigenvalue weighted by molar-refractivity contribution is 0.0975. The van der Waals surface area contributed by atoms with Gasteiger partial charge in [0.25, 0.3) is 11.8 Å². The number of carbonyl (C=O) groups excluding carboxylic acids is 2. The number of nitrogens with zero attached hydrogens (tertiary/aromatic N) is 3. The lowest BCUT2D eigenvalue weighted by Gasteiger charge is -2.30. The number of carbonyl (C=O) groups is 2. The quantitative estimate of drug-likeness (QED) is 0.595. The molecule has 0 bridgehead atoms. The van der Waals surface area contributed by atoms with Gasteiger partial charge in [-0.15, -0.1) is 0 Å². The summed E-state index contributed by atoms with van der Waals surface area (Å²) in [6, 6.07) is 9.70. The molecule has 2 aliphatic heterocycles. The van der Waals surface area contributed by atoms with Crippen LogP contribution in [0.2, 0.25) is 0 Å². The Balaban J connectivity index is 1.33. The lowest BCUT2D eigenvalue weighted by atomic mass is 10.1. The normalized spacial score (nSPS) is 15.8. The van der Waals surface area contributed by atoms with Crippen LogP contribution in [0.3, 0.4) is 0 Å². The lowest BCUT2D eigenvalue weighted by Crippen LogP contribution is -2.43. The number of anilines is 3. The number of amides is 2. The number of phenolic OH excluding ortho intramolecular Hbond substituents is 1. The number of aromatic hydroxyl groups is 1. The van der Waals surface area contributed by atoms with Gasteiger partial charge in [-0.05, 0) is 29.8 Å². The SMILES string of the molecule is O=C(Nc1cnccc1N1CCNCC1)c1ccc(N2Cc3ccc(O)cc3C2=O)o1. The van der Waals surface area contributed by atoms with Crippen LogP contribution in [0, 0.1) is 0 Å². The van der Waals surface area contributed by atoms with Crippen LogP contribution in [0.25, 0.3) is 0 Å². The van der Waals surface area contributed by atoms with E-state index >= 15 is 0 Å². The van der Waals surface area contributed by atoms with E-state index in [0.29, 0.717) is 17.8 Å². The Kier molecular flexibility index (Phi) is 4.79. The number of aromatic nitrogens is 1. The molecule has 0 atom stereocenters. The molecule has 31 heavy (non-hydrogen) atoms. The highest BCUT2D eigenvalue weighted by atomic mass is 16.4. The molecule has 0 spiro atoms. The zero-order valence-electron chi connectivity index (χ0n) is 16.7. The fourth-order valence-electron chi connectivity index (χ4n) is 3.91. The standard InChI is InChI=1S/C22H21N5O4/c28-15-2-1-14-13-27(22(30)16(14)11-15)20-4-3-19(31-20)21(29)25-17-12-24-6-5-18(17)26-9-7-23-8-10-26/h1-6,11-12,23,28H,7-10,13H2,(H,25,29). The van der Waals surface area contributed by atoms with Gasteiger partial charge in [0.05, 0.1) is 24.1 Å². The summed E-state index contributed by atoms with van der Waals surface area (Å²) in [5, 5.41) is 15.8. The summed E-state index contributed by atoms with van der Waals surface area (Å²) in [5.41, 5.74) is 2.73. The van der Waals surface area contributed by atoms with Gasteiger partial charge < -0.3 is 25.1 Å². The van der Waals surface area contributed by atoms with Crippen molar-refractivity contribution in [2.75, 3.05) is 41.3 Å². The van der Waals surface area contributed by atoms with Crippen LogP contribution in [0.1, 0.15) is 26.5 Å². The maximum absolute atomic E-state index is 12.8. The van der Waals surface area contributed by atoms with Crippen molar-refractivity contribution in [3.05, 3.63) is 65.7 Å². The van der Waals surface area contributed by atoms with Crippen molar-refractivity contribution in [3.63, 3.8) is 0 Å². The van der Waals surface area contributed by atoms with E-state index in [9.17, 15) is 14.7 Å². The Morgan fingerprint density at radius 3 is 2.84 bits per heavy atom. The van der Waals surface area contributed by atoms with Crippen molar-refractivity contribution in [3.8, 4) is 5.75 Å². The van der Waals surface area contributed by atoms with Gasteiger partial charge in [-0.1, -0.05) is 6.07 Å². The number of nitrogens with one attached hydrogen (secondary N) is 2. The Morgan fingerprint density at radius 1 is 1.16 bits per heavy atom. The number of furan rings is 1. The molecule has 0 aliphatic carbocycles. The third-order valence-electron chi connectivity index (χ3n) is 5.48. The Hall–Kier alpha value is -3.85. The number of hydrogen-bond donors (Lipinski definition) is 3. The van der Waals surface area contributed by atoms with Crippen LogP contribution >= 0.6 is 0 Å². The highest BCUT2D eigenvalue weighted by Gasteiger charge is 2.31. The van der Waals surface area contributed by atoms with Crippen molar-refractivity contribution in [2.45, 2.75) is 6.54 Å². The molecule has 1 fully saturated rings. The van der Waals surface area contributed by atoms with Crippen LogP contribution in [0.4, 0.5) is 17.3 Å². The molecule has 0 radical (unpaired) electrons. The van der Waals surface area contributed by atoms with E-state index in [2.05, 4.69) is 20.5 Å². The number of hydrogen-bond acceptors (Lipinski definition) is 7. The molecular formula is C22H21N5O4. The van der Waals surface area contributed by atoms with Crippen molar-refractivity contribution in [2.24, 2.45) is 0 Å². The molecule has 9 heteroatoms. The van der Waals surface area contributed by atoms with E-state index in [1.807, 2.05) is 6.07 Å². The molecule has 9 nitrogen and oxygen atoms in total. The van der Waals surface area contributed by atoms with Gasteiger partial charge in [-0.25, -0.2) is 0 Å². The van der Waals surface area contributed by atoms with Crippen LogP contribution in [0.15, 0.2) is 53.2 Å². The molecule has 1 aromatic carbocycles. The van der Waals surface area contributed by atoms with Crippen LogP contribution in [0.5, 0.6) is 5.75 Å². The van der Waals surface area contributed by atoms with E-state index in [0.717, 1.165) is 37.4 Å². The Morgan fingerprint density at radius 2 is 2.00 bits per heavy atom. The van der Waals surface area contributed by atoms with Gasteiger partial charge in [0.2, 0.25) is 5.88 Å². The third-order valence-corrected chi connectivity index (χ3v) is 5.48. The van der Waals surface area contributed by atoms with Crippen molar-refractivity contribution < 1.29 is 19.1 Å². The van der Waals surface area contributed by atoms with E-state index in [4.69, 9.17) is 4.42 Å². The summed E-state index contributed by atoms with van der Waals surface area (Å²) in [6.07, 6.45) is 3.32. The summed E-state index contributed by atoms with van der Waals surface area (Å²) < 4.78 is 5.71. The molecule has 2 aliphatic rings. The predicted octanol–water partition coefficient (Wildman–Crippen LogP) is 2.20. The molecule has 5 rings (SSSR count). The molecule has 0 saturated carbocycles. The maximum atomic E-state index is 12.8. The largest absolute Gasteiger partial charge is 0.508 e. The van der Waals surface area contributed by atoms with E-state index in [-0.39, 0.29) is 23.3 Å². The number of rotatable bonds is 4. The molecule has 2 aromatic heterocycles. The number of fused-ring (bicyclic) bond motifs is 1. The first-order valence-corrected chi connectivity index (χ1v) is 10.0. The first-order valence-electron chi connectivity index (χ1n) is 10.0. The summed E-state index contributed by atoms with van der Waals surface area (Å²) in [7, 11) is 0. The summed E-state index contributed by atoms with van der Waals surface area (Å²) in [4.78, 5) is 33.3. The van der Waals surface area contributed by atoms with E-state index in [1.165, 1.54) is 11.0 Å². The van der Waals surface area contributed by atoms with E-state index in [1.54, 1.807) is 36.7 Å². The first kappa shape index (κ1) is 19.1. The predicted molar refractivity (Wildman–Crippen MR) is 115 cm³/mol. The zero-order valence-corrected chi connectivity index (χ0v) is 16.7. The fraction of sp³-hybridized carbons (Fsp3) is 0.227. The number of phenols is 1. The smallest absolute Gasteiger partial charge is 0.291 e. The summed E-state index contributed by atoms with van der Waals surface area (Å²) >= 11 is 0. The first-order chi connectivity index (χ1) is 15.1. The maximum Gasteiger partial charge on any atom is 0.291 e. The van der Waals surface area contributed by atoms with Crippen molar-refractivity contribution in [1.29, 1.82) is 0 Å². The summed E-state index contributed by atoms with van der Waals surface area (Å²) in [6.45, 7) is 3.75. The van der Waals surface area contributed by atoms with Gasteiger partial charge in [-0.3, -0.25) is 19.5 Å². The monoisotopic (exact) mass is 419 g/mol. The molecule has 158 valence electrons. The van der Waals surface area contributed by atoms with Crippen LogP contribution in [-0.2, 0) is 6.54 Å². The zero-order chi connectivity index (χ0) is 21.4. The minimum Gasteiger partial charge on any atom is -0.508 e. The molecule has 2 amide bonds. The molecule has 0 unspecified atom stereocenters. The summed E-state index contributed by atoms with van der Waals surface area (Å²) in [5.74, 6) is -0.292. The number of pyridine rings is 1. The molecule has 1 saturated heterocycles. The number of piperazine rings is 1. The average molecular weight is 419 g/mol. The minimum atomic E-state index is -0.419. The average Bonchev–Trinajstić information content (AvgIpc) is 3.40. The van der Waals surface area contributed by atoms with Crippen molar-refractivity contribution in [1.82, 2.24) is 10.3 Å². The second-order valence-corrected chi connectivity index (χ2v) is 7.45. The fourth-order valence-corrected chi connectivity index (χ4v) is 3.91. The molecule has 3 N–H and O–H groups in total. The number of benzene rings is 1. The van der Waals surface area contributed by atoms with Crippen LogP contribution in [-0.4, -0.2) is 48.1 Å². The minimum absolute atomic E-state index is 0.0326. The highest BCUT2D eigenvalue weighted by molar-refractivity contribution is 6.10. The van der Waals surface area contributed by atoms with Gasteiger partial charge in [0.1, 0.15) is 5.75 Å². The van der Waals surface area contributed by atoms with Crippen molar-refractivity contribution >= 4 is 29.1 Å². The molecule has 4 heterocycles. The van der Waals surface area contributed by atoms with Gasteiger partial charge in [0, 0.05) is 44.0 Å².